The molecule has 0 aliphatic heterocycles. The minimum atomic E-state index is -3.95. The van der Waals surface area contributed by atoms with Crippen molar-refractivity contribution in [2.24, 2.45) is 5.73 Å². The van der Waals surface area contributed by atoms with Crippen LogP contribution in [0.2, 0.25) is 0 Å². The third-order valence-corrected chi connectivity index (χ3v) is 4.45. The molecule has 0 aliphatic rings. The van der Waals surface area contributed by atoms with Gasteiger partial charge in [-0.25, -0.2) is 0 Å². The Morgan fingerprint density at radius 3 is 2.68 bits per heavy atom. The van der Waals surface area contributed by atoms with E-state index < -0.39 is 29.6 Å². The summed E-state index contributed by atoms with van der Waals surface area (Å²) in [4.78, 5) is 19.4. The average molecular weight is 289 g/mol. The van der Waals surface area contributed by atoms with Gasteiger partial charge in [-0.3, -0.25) is 14.7 Å². The van der Waals surface area contributed by atoms with Crippen LogP contribution in [0.3, 0.4) is 0 Å². The Labute approximate surface area is 109 Å². The van der Waals surface area contributed by atoms with Crippen molar-refractivity contribution in [3.8, 4) is 5.75 Å². The van der Waals surface area contributed by atoms with E-state index in [2.05, 4.69) is 0 Å². The molecule has 5 N–H and O–H groups in total. The van der Waals surface area contributed by atoms with Gasteiger partial charge in [0.15, 0.2) is 11.6 Å². The molecular weight excluding hydrogens is 275 g/mol. The van der Waals surface area contributed by atoms with Gasteiger partial charge in [-0.05, 0) is 18.1 Å². The third kappa shape index (κ3) is 3.74. The first-order valence-corrected chi connectivity index (χ1v) is 7.21. The number of rotatable bonds is 6. The number of phenolic OH excluding ortho intramolecular Hbond substituents is 1. The van der Waals surface area contributed by atoms with E-state index in [4.69, 9.17) is 5.73 Å². The van der Waals surface area contributed by atoms with E-state index in [9.17, 15) is 29.8 Å². The molecule has 0 aliphatic carbocycles. The first-order chi connectivity index (χ1) is 8.79. The highest BCUT2D eigenvalue weighted by Crippen LogP contribution is 2.54. The van der Waals surface area contributed by atoms with Crippen LogP contribution in [-0.2, 0) is 4.57 Å². The summed E-state index contributed by atoms with van der Waals surface area (Å²) in [5.74, 6) is -2.34. The van der Waals surface area contributed by atoms with Crippen molar-refractivity contribution in [3.05, 3.63) is 40.4 Å². The zero-order valence-electron chi connectivity index (χ0n) is 9.84. The molecule has 1 aromatic carbocycles. The Kier molecular flexibility index (Phi) is 5.02. The first kappa shape index (κ1) is 15.6. The second kappa shape index (κ2) is 6.12. The molecule has 0 heterocycles. The van der Waals surface area contributed by atoms with Crippen LogP contribution in [-0.4, -0.2) is 26.2 Å². The number of benzene rings is 1. The molecule has 0 bridgehead atoms. The molecule has 2 atom stereocenters. The predicted molar refractivity (Wildman–Crippen MR) is 67.5 cm³/mol. The van der Waals surface area contributed by atoms with Crippen molar-refractivity contribution in [3.63, 3.8) is 0 Å². The maximum Gasteiger partial charge on any atom is 0.311 e. The van der Waals surface area contributed by atoms with Crippen molar-refractivity contribution in [2.45, 2.75) is 12.3 Å². The van der Waals surface area contributed by atoms with Crippen molar-refractivity contribution in [2.75, 3.05) is 6.16 Å². The van der Waals surface area contributed by atoms with Crippen LogP contribution in [0.15, 0.2) is 18.2 Å². The van der Waals surface area contributed by atoms with Gasteiger partial charge in [0.1, 0.15) is 0 Å². The van der Waals surface area contributed by atoms with E-state index in [1.165, 1.54) is 6.54 Å². The summed E-state index contributed by atoms with van der Waals surface area (Å²) >= 11 is 0. The number of hydrogen-bond acceptors (Lipinski definition) is 6. The molecule has 0 aromatic heterocycles. The maximum absolute atomic E-state index is 11.8. The lowest BCUT2D eigenvalue weighted by molar-refractivity contribution is -0.386. The molecule has 0 spiro atoms. The molecular formula is C10H14N2O6P. The number of aromatic hydroxyl groups is 1. The van der Waals surface area contributed by atoms with E-state index in [-0.39, 0.29) is 18.1 Å². The van der Waals surface area contributed by atoms with Crippen LogP contribution >= 0.6 is 7.37 Å². The largest absolute Gasteiger partial charge is 0.502 e. The molecule has 9 heteroatoms. The van der Waals surface area contributed by atoms with Crippen molar-refractivity contribution >= 4 is 13.1 Å². The molecule has 0 amide bonds. The van der Waals surface area contributed by atoms with Gasteiger partial charge in [0.2, 0.25) is 7.37 Å². The Balaban J connectivity index is 3.06. The molecule has 105 valence electrons. The molecule has 8 nitrogen and oxygen atoms in total. The number of hydrogen-bond donors (Lipinski definition) is 4. The lowest BCUT2D eigenvalue weighted by Crippen LogP contribution is -2.05. The van der Waals surface area contributed by atoms with Crippen LogP contribution in [0.25, 0.3) is 0 Å². The fourth-order valence-corrected chi connectivity index (χ4v) is 2.85. The second-order valence-electron chi connectivity index (χ2n) is 3.88. The molecule has 1 radical (unpaired) electrons. The highest BCUT2D eigenvalue weighted by Gasteiger charge is 2.31. The number of nitro benzene ring substituents is 1. The van der Waals surface area contributed by atoms with Crippen molar-refractivity contribution < 1.29 is 24.6 Å². The average Bonchev–Trinajstić information content (AvgIpc) is 2.35. The second-order valence-corrected chi connectivity index (χ2v) is 6.33. The Morgan fingerprint density at radius 2 is 2.16 bits per heavy atom. The van der Waals surface area contributed by atoms with Crippen molar-refractivity contribution in [1.82, 2.24) is 0 Å². The van der Waals surface area contributed by atoms with Gasteiger partial charge < -0.3 is 20.8 Å². The molecule has 1 rings (SSSR count). The molecule has 0 saturated heterocycles. The fraction of sp³-hybridized carbons (Fsp3) is 0.300. The predicted octanol–water partition coefficient (Wildman–Crippen LogP) is 1.07. The Morgan fingerprint density at radius 1 is 1.53 bits per heavy atom. The zero-order valence-corrected chi connectivity index (χ0v) is 10.7. The minimum Gasteiger partial charge on any atom is -0.502 e. The SMILES string of the molecule is N[CH]CCP(=O)(O)C(O)c1ccc(O)c([N+](=O)[O-])c1. The van der Waals surface area contributed by atoms with E-state index >= 15 is 0 Å². The lowest BCUT2D eigenvalue weighted by Gasteiger charge is -2.18. The summed E-state index contributed by atoms with van der Waals surface area (Å²) in [6.45, 7) is 1.19. The van der Waals surface area contributed by atoms with Gasteiger partial charge in [-0.2, -0.15) is 0 Å². The number of nitro groups is 1. The standard InChI is InChI=1S/C10H14N2O6P/c11-4-1-5-19(17,18)10(14)7-2-3-9(13)8(6-7)12(15)16/h2-4,6,10,13-14H,1,5,11H2,(H,17,18). The Bertz CT molecular complexity index is 521. The van der Waals surface area contributed by atoms with E-state index in [0.717, 1.165) is 18.2 Å². The van der Waals surface area contributed by atoms with E-state index in [1.807, 2.05) is 0 Å². The summed E-state index contributed by atoms with van der Waals surface area (Å²) in [5, 5.41) is 29.7. The van der Waals surface area contributed by atoms with Crippen LogP contribution in [0.5, 0.6) is 5.75 Å². The summed E-state index contributed by atoms with van der Waals surface area (Å²) in [7, 11) is -3.95. The monoisotopic (exact) mass is 289 g/mol. The summed E-state index contributed by atoms with van der Waals surface area (Å²) < 4.78 is 11.8. The van der Waals surface area contributed by atoms with Gasteiger partial charge in [0, 0.05) is 18.8 Å². The molecule has 0 fully saturated rings. The van der Waals surface area contributed by atoms with Gasteiger partial charge in [-0.15, -0.1) is 0 Å². The fourth-order valence-electron chi connectivity index (χ4n) is 1.46. The van der Waals surface area contributed by atoms with Crippen LogP contribution in [0.4, 0.5) is 5.69 Å². The zero-order chi connectivity index (χ0) is 14.6. The number of nitrogens with zero attached hydrogens (tertiary/aromatic N) is 1. The molecule has 1 aromatic rings. The number of aliphatic hydroxyl groups is 1. The van der Waals surface area contributed by atoms with Crippen LogP contribution < -0.4 is 5.73 Å². The lowest BCUT2D eigenvalue weighted by atomic mass is 10.2. The topological polar surface area (TPSA) is 147 Å². The highest BCUT2D eigenvalue weighted by molar-refractivity contribution is 7.58. The van der Waals surface area contributed by atoms with Gasteiger partial charge in [-0.1, -0.05) is 6.07 Å². The van der Waals surface area contributed by atoms with Crippen LogP contribution in [0, 0.1) is 16.7 Å². The van der Waals surface area contributed by atoms with E-state index in [0.29, 0.717) is 0 Å². The number of phenols is 1. The van der Waals surface area contributed by atoms with Crippen LogP contribution in [0.1, 0.15) is 17.8 Å². The quantitative estimate of drug-likeness (QED) is 0.348. The van der Waals surface area contributed by atoms with Gasteiger partial charge >= 0.3 is 5.69 Å². The van der Waals surface area contributed by atoms with Gasteiger partial charge in [0.25, 0.3) is 0 Å². The summed E-state index contributed by atoms with van der Waals surface area (Å²) in [5.41, 5.74) is 4.36. The minimum absolute atomic E-state index is 0.104. The molecule has 0 saturated carbocycles. The Hall–Kier alpha value is -1.47. The summed E-state index contributed by atoms with van der Waals surface area (Å²) in [6.07, 6.45) is -0.107. The first-order valence-electron chi connectivity index (χ1n) is 5.30. The number of aliphatic hydroxyl groups excluding tert-OH is 1. The number of nitrogens with two attached hydrogens (primary N) is 1. The molecule has 19 heavy (non-hydrogen) atoms. The van der Waals surface area contributed by atoms with Crippen molar-refractivity contribution in [1.29, 1.82) is 0 Å². The third-order valence-electron chi connectivity index (χ3n) is 2.49. The smallest absolute Gasteiger partial charge is 0.311 e. The maximum atomic E-state index is 11.8. The van der Waals surface area contributed by atoms with Gasteiger partial charge in [0.05, 0.1) is 4.92 Å². The summed E-state index contributed by atoms with van der Waals surface area (Å²) in [6, 6.07) is 3.02. The molecule has 2 unspecified atom stereocenters. The van der Waals surface area contributed by atoms with E-state index in [1.54, 1.807) is 0 Å². The normalized spacial score (nSPS) is 15.7. The highest BCUT2D eigenvalue weighted by atomic mass is 31.2.